The Labute approximate surface area is 153 Å². The first kappa shape index (κ1) is 20.5. The molecule has 1 aromatic rings. The molecule has 1 aliphatic rings. The number of hydrogen-bond acceptors (Lipinski definition) is 6. The molecule has 0 spiro atoms. The van der Waals surface area contributed by atoms with Crippen molar-refractivity contribution in [3.05, 3.63) is 24.0 Å². The maximum Gasteiger partial charge on any atom is 0.488 e. The summed E-state index contributed by atoms with van der Waals surface area (Å²) >= 11 is 0. The molecule has 0 atom stereocenters. The lowest BCUT2D eigenvalue weighted by Gasteiger charge is -2.35. The van der Waals surface area contributed by atoms with Crippen molar-refractivity contribution >= 4 is 18.7 Å². The molecule has 7 nitrogen and oxygen atoms in total. The number of ether oxygens (including phenoxy) is 2. The van der Waals surface area contributed by atoms with Gasteiger partial charge < -0.3 is 24.4 Å². The van der Waals surface area contributed by atoms with Crippen molar-refractivity contribution in [1.82, 2.24) is 9.80 Å². The van der Waals surface area contributed by atoms with Gasteiger partial charge in [-0.15, -0.1) is 0 Å². The zero-order valence-electron chi connectivity index (χ0n) is 15.4. The number of rotatable bonds is 5. The second kappa shape index (κ2) is 8.70. The topological polar surface area (TPSA) is 82.5 Å². The summed E-state index contributed by atoms with van der Waals surface area (Å²) in [6.45, 7) is 8.96. The Morgan fingerprint density at radius 1 is 1.23 bits per heavy atom. The number of halogens is 1. The number of piperazine rings is 1. The zero-order valence-corrected chi connectivity index (χ0v) is 15.4. The first-order valence-corrected chi connectivity index (χ1v) is 8.64. The van der Waals surface area contributed by atoms with E-state index >= 15 is 0 Å². The fraction of sp³-hybridized carbons (Fsp3) is 0.588. The van der Waals surface area contributed by atoms with Gasteiger partial charge in [-0.1, -0.05) is 6.07 Å². The van der Waals surface area contributed by atoms with Crippen LogP contribution in [0.3, 0.4) is 0 Å². The highest BCUT2D eigenvalue weighted by atomic mass is 19.1. The first-order valence-electron chi connectivity index (χ1n) is 8.64. The van der Waals surface area contributed by atoms with Crippen LogP contribution in [0.15, 0.2) is 18.2 Å². The summed E-state index contributed by atoms with van der Waals surface area (Å²) in [5.41, 5.74) is -0.429. The summed E-state index contributed by atoms with van der Waals surface area (Å²) in [5.74, 6) is -0.563. The van der Waals surface area contributed by atoms with Gasteiger partial charge in [0.2, 0.25) is 0 Å². The lowest BCUT2D eigenvalue weighted by atomic mass is 9.80. The van der Waals surface area contributed by atoms with Crippen LogP contribution >= 0.6 is 0 Å². The number of nitrogens with zero attached hydrogens (tertiary/aromatic N) is 2. The van der Waals surface area contributed by atoms with Gasteiger partial charge in [0, 0.05) is 32.7 Å². The molecule has 0 aromatic heterocycles. The summed E-state index contributed by atoms with van der Waals surface area (Å²) in [4.78, 5) is 15.8. The highest BCUT2D eigenvalue weighted by Crippen LogP contribution is 2.15. The van der Waals surface area contributed by atoms with Crippen LogP contribution in [0.2, 0.25) is 0 Å². The zero-order chi connectivity index (χ0) is 19.3. The average molecular weight is 368 g/mol. The van der Waals surface area contributed by atoms with Crippen LogP contribution in [0.1, 0.15) is 20.8 Å². The van der Waals surface area contributed by atoms with Gasteiger partial charge in [0.15, 0.2) is 11.6 Å². The number of hydrogen-bond donors (Lipinski definition) is 2. The van der Waals surface area contributed by atoms with Crippen LogP contribution in [0.5, 0.6) is 5.75 Å². The highest BCUT2D eigenvalue weighted by Gasteiger charge is 2.25. The summed E-state index contributed by atoms with van der Waals surface area (Å²) in [6, 6.07) is 3.83. The van der Waals surface area contributed by atoms with Gasteiger partial charge in [-0.05, 0) is 38.4 Å². The number of benzene rings is 1. The monoisotopic (exact) mass is 368 g/mol. The van der Waals surface area contributed by atoms with E-state index in [0.29, 0.717) is 39.3 Å². The summed E-state index contributed by atoms with van der Waals surface area (Å²) in [6.07, 6.45) is -0.304. The van der Waals surface area contributed by atoms with Crippen molar-refractivity contribution in [3.63, 3.8) is 0 Å². The van der Waals surface area contributed by atoms with Crippen LogP contribution < -0.4 is 10.2 Å². The van der Waals surface area contributed by atoms with Crippen LogP contribution in [0, 0.1) is 5.82 Å². The van der Waals surface area contributed by atoms with Crippen molar-refractivity contribution in [3.8, 4) is 5.75 Å². The largest absolute Gasteiger partial charge is 0.489 e. The average Bonchev–Trinajstić information content (AvgIpc) is 2.55. The molecule has 9 heteroatoms. The molecule has 2 N–H and O–H groups in total. The summed E-state index contributed by atoms with van der Waals surface area (Å²) in [7, 11) is -1.71. The number of amides is 1. The molecule has 1 heterocycles. The molecule has 0 radical (unpaired) electrons. The van der Waals surface area contributed by atoms with Crippen molar-refractivity contribution in [2.24, 2.45) is 0 Å². The van der Waals surface area contributed by atoms with Gasteiger partial charge in [0.25, 0.3) is 0 Å². The Morgan fingerprint density at radius 3 is 2.42 bits per heavy atom. The minimum absolute atomic E-state index is 0.0711. The first-order chi connectivity index (χ1) is 12.2. The second-order valence-electron chi connectivity index (χ2n) is 7.22. The molecule has 144 valence electrons. The van der Waals surface area contributed by atoms with Crippen LogP contribution in [0.4, 0.5) is 9.18 Å². The highest BCUT2D eigenvalue weighted by molar-refractivity contribution is 6.58. The Hall–Kier alpha value is -1.84. The molecule has 0 bridgehead atoms. The molecule has 0 saturated carbocycles. The van der Waals surface area contributed by atoms with E-state index in [1.165, 1.54) is 12.1 Å². The minimum Gasteiger partial charge on any atom is -0.489 e. The Morgan fingerprint density at radius 2 is 1.88 bits per heavy atom. The molecule has 2 rings (SSSR count). The van der Waals surface area contributed by atoms with Crippen LogP contribution in [-0.4, -0.2) is 78.0 Å². The number of carbonyl (C=O) groups excluding carboxylic acids is 1. The molecular weight excluding hydrogens is 342 g/mol. The van der Waals surface area contributed by atoms with E-state index in [1.807, 2.05) is 20.8 Å². The van der Waals surface area contributed by atoms with Crippen molar-refractivity contribution in [1.29, 1.82) is 0 Å². The predicted molar refractivity (Wildman–Crippen MR) is 96.0 cm³/mol. The van der Waals surface area contributed by atoms with Crippen LogP contribution in [0.25, 0.3) is 0 Å². The van der Waals surface area contributed by atoms with Crippen LogP contribution in [-0.2, 0) is 4.74 Å². The van der Waals surface area contributed by atoms with Gasteiger partial charge in [-0.3, -0.25) is 4.90 Å². The normalized spacial score (nSPS) is 15.7. The molecule has 1 amide bonds. The van der Waals surface area contributed by atoms with Gasteiger partial charge >= 0.3 is 13.2 Å². The van der Waals surface area contributed by atoms with E-state index in [4.69, 9.17) is 19.5 Å². The molecule has 1 fully saturated rings. The van der Waals surface area contributed by atoms with Gasteiger partial charge in [0.1, 0.15) is 12.2 Å². The quantitative estimate of drug-likeness (QED) is 0.734. The lowest BCUT2D eigenvalue weighted by molar-refractivity contribution is 0.0136. The fourth-order valence-electron chi connectivity index (χ4n) is 2.56. The molecule has 1 aromatic carbocycles. The van der Waals surface area contributed by atoms with E-state index in [9.17, 15) is 9.18 Å². The maximum absolute atomic E-state index is 13.8. The molecular formula is C17H26BFN2O5. The predicted octanol–water partition coefficient (Wildman–Crippen LogP) is 0.437. The molecule has 0 aliphatic carbocycles. The Kier molecular flexibility index (Phi) is 6.85. The summed E-state index contributed by atoms with van der Waals surface area (Å²) < 4.78 is 24.6. The van der Waals surface area contributed by atoms with E-state index in [-0.39, 0.29) is 17.3 Å². The van der Waals surface area contributed by atoms with Gasteiger partial charge in [-0.2, -0.15) is 0 Å². The minimum atomic E-state index is -1.71. The van der Waals surface area contributed by atoms with E-state index in [2.05, 4.69) is 4.90 Å². The standard InChI is InChI=1S/C17H26BFN2O5/c1-17(2,3)26-16(22)21-8-6-20(7-9-21)10-11-25-15-5-4-13(18(23)24)12-14(15)19/h4-5,12,23-24H,6-11H2,1-3H3. The van der Waals surface area contributed by atoms with Gasteiger partial charge in [0.05, 0.1) is 0 Å². The van der Waals surface area contributed by atoms with E-state index < -0.39 is 18.5 Å². The van der Waals surface area contributed by atoms with E-state index in [1.54, 1.807) is 4.90 Å². The second-order valence-corrected chi connectivity index (χ2v) is 7.22. The lowest BCUT2D eigenvalue weighted by Crippen LogP contribution is -2.50. The molecule has 1 aliphatic heterocycles. The molecule has 1 saturated heterocycles. The van der Waals surface area contributed by atoms with E-state index in [0.717, 1.165) is 6.07 Å². The SMILES string of the molecule is CC(C)(C)OC(=O)N1CCN(CCOc2ccc(B(O)O)cc2F)CC1. The summed E-state index contributed by atoms with van der Waals surface area (Å²) in [5, 5.41) is 18.0. The third-order valence-electron chi connectivity index (χ3n) is 3.94. The van der Waals surface area contributed by atoms with Crippen molar-refractivity contribution < 1.29 is 28.7 Å². The van der Waals surface area contributed by atoms with Gasteiger partial charge in [-0.25, -0.2) is 9.18 Å². The molecule has 26 heavy (non-hydrogen) atoms. The smallest absolute Gasteiger partial charge is 0.488 e. The fourth-order valence-corrected chi connectivity index (χ4v) is 2.56. The van der Waals surface area contributed by atoms with Crippen molar-refractivity contribution in [2.45, 2.75) is 26.4 Å². The number of carbonyl (C=O) groups is 1. The third-order valence-corrected chi connectivity index (χ3v) is 3.94. The maximum atomic E-state index is 13.8. The third kappa shape index (κ3) is 6.15. The van der Waals surface area contributed by atoms with Crippen molar-refractivity contribution in [2.75, 3.05) is 39.3 Å². The molecule has 0 unspecified atom stereocenters. The Bertz CT molecular complexity index is 616. The Balaban J connectivity index is 1.73.